The first-order valence-corrected chi connectivity index (χ1v) is 6.02. The predicted octanol–water partition coefficient (Wildman–Crippen LogP) is 2.29. The minimum absolute atomic E-state index is 0.0285. The van der Waals surface area contributed by atoms with Crippen LogP contribution < -0.4 is 10.4 Å². The maximum Gasteiger partial charge on any atom is 0.328 e. The number of aromatic nitrogens is 2. The Morgan fingerprint density at radius 1 is 1.17 bits per heavy atom. The summed E-state index contributed by atoms with van der Waals surface area (Å²) in [6.45, 7) is 4.58. The number of rotatable bonds is 4. The highest BCUT2D eigenvalue weighted by Crippen LogP contribution is 2.12. The summed E-state index contributed by atoms with van der Waals surface area (Å²) < 4.78 is 8.54. The first-order chi connectivity index (χ1) is 8.61. The van der Waals surface area contributed by atoms with E-state index < -0.39 is 0 Å². The molecule has 1 heterocycles. The summed E-state index contributed by atoms with van der Waals surface area (Å²) in [5, 5.41) is 0. The molecule has 2 rings (SSSR count). The van der Waals surface area contributed by atoms with E-state index in [0.717, 1.165) is 11.3 Å². The topological polar surface area (TPSA) is 36.2 Å². The molecule has 0 saturated carbocycles. The summed E-state index contributed by atoms with van der Waals surface area (Å²) >= 11 is 0. The van der Waals surface area contributed by atoms with Crippen LogP contribution in [0.4, 0.5) is 0 Å². The number of benzene rings is 1. The van der Waals surface area contributed by atoms with Crippen molar-refractivity contribution in [3.63, 3.8) is 0 Å². The molecule has 4 nitrogen and oxygen atoms in total. The van der Waals surface area contributed by atoms with Gasteiger partial charge in [0.05, 0.1) is 13.7 Å². The van der Waals surface area contributed by atoms with Gasteiger partial charge in [0.2, 0.25) is 0 Å². The first kappa shape index (κ1) is 12.5. The molecule has 0 fully saturated rings. The van der Waals surface area contributed by atoms with Gasteiger partial charge in [0.1, 0.15) is 5.75 Å². The molecule has 0 radical (unpaired) electrons. The van der Waals surface area contributed by atoms with Gasteiger partial charge in [-0.3, -0.25) is 9.13 Å². The molecular weight excluding hydrogens is 228 g/mol. The van der Waals surface area contributed by atoms with Crippen molar-refractivity contribution >= 4 is 0 Å². The summed E-state index contributed by atoms with van der Waals surface area (Å²) in [7, 11) is 1.64. The van der Waals surface area contributed by atoms with Crippen LogP contribution >= 0.6 is 0 Å². The molecule has 0 bridgehead atoms. The quantitative estimate of drug-likeness (QED) is 0.829. The lowest BCUT2D eigenvalue weighted by molar-refractivity contribution is 0.414. The van der Waals surface area contributed by atoms with Crippen LogP contribution in [0.25, 0.3) is 0 Å². The number of hydrogen-bond acceptors (Lipinski definition) is 2. The summed E-state index contributed by atoms with van der Waals surface area (Å²) in [4.78, 5) is 12.0. The van der Waals surface area contributed by atoms with Gasteiger partial charge in [0.15, 0.2) is 0 Å². The lowest BCUT2D eigenvalue weighted by atomic mass is 10.2. The van der Waals surface area contributed by atoms with Gasteiger partial charge >= 0.3 is 5.69 Å². The molecule has 0 aliphatic carbocycles. The van der Waals surface area contributed by atoms with Gasteiger partial charge in [-0.2, -0.15) is 0 Å². The maximum absolute atomic E-state index is 12.0. The zero-order valence-electron chi connectivity index (χ0n) is 11.0. The molecule has 1 aromatic carbocycles. The van der Waals surface area contributed by atoms with E-state index in [1.165, 1.54) is 0 Å². The van der Waals surface area contributed by atoms with Crippen molar-refractivity contribution in [1.29, 1.82) is 0 Å². The van der Waals surface area contributed by atoms with Crippen LogP contribution in [0.1, 0.15) is 25.5 Å². The molecule has 0 aliphatic heterocycles. The van der Waals surface area contributed by atoms with E-state index in [0.29, 0.717) is 6.54 Å². The van der Waals surface area contributed by atoms with Gasteiger partial charge in [-0.05, 0) is 31.5 Å². The van der Waals surface area contributed by atoms with Gasteiger partial charge < -0.3 is 4.74 Å². The van der Waals surface area contributed by atoms with Crippen LogP contribution in [0, 0.1) is 0 Å². The van der Waals surface area contributed by atoms with E-state index in [1.807, 2.05) is 50.5 Å². The van der Waals surface area contributed by atoms with Crippen LogP contribution in [0.2, 0.25) is 0 Å². The number of nitrogens with zero attached hydrogens (tertiary/aromatic N) is 2. The Hall–Kier alpha value is -1.97. The monoisotopic (exact) mass is 246 g/mol. The Bertz CT molecular complexity index is 564. The predicted molar refractivity (Wildman–Crippen MR) is 71.2 cm³/mol. The van der Waals surface area contributed by atoms with E-state index >= 15 is 0 Å². The summed E-state index contributed by atoms with van der Waals surface area (Å²) in [5.74, 6) is 0.825. The van der Waals surface area contributed by atoms with E-state index in [-0.39, 0.29) is 11.7 Å². The minimum atomic E-state index is 0.0285. The second-order valence-corrected chi connectivity index (χ2v) is 4.56. The Balaban J connectivity index is 2.21. The number of methoxy groups -OCH3 is 1. The molecule has 0 unspecified atom stereocenters. The molecule has 4 heteroatoms. The third-order valence-corrected chi connectivity index (χ3v) is 2.94. The zero-order valence-corrected chi connectivity index (χ0v) is 11.0. The van der Waals surface area contributed by atoms with Crippen molar-refractivity contribution in [2.24, 2.45) is 0 Å². The standard InChI is InChI=1S/C14H18N2O2/c1-11(2)16-9-8-15(14(16)17)10-12-4-6-13(18-3)7-5-12/h4-9,11H,10H2,1-3H3. The fourth-order valence-corrected chi connectivity index (χ4v) is 1.87. The van der Waals surface area contributed by atoms with Crippen molar-refractivity contribution in [2.75, 3.05) is 7.11 Å². The normalized spacial score (nSPS) is 10.9. The highest BCUT2D eigenvalue weighted by atomic mass is 16.5. The molecule has 0 amide bonds. The van der Waals surface area contributed by atoms with Gasteiger partial charge in [0.25, 0.3) is 0 Å². The van der Waals surface area contributed by atoms with Crippen LogP contribution in [-0.2, 0) is 6.54 Å². The Morgan fingerprint density at radius 3 is 2.33 bits per heavy atom. The lowest BCUT2D eigenvalue weighted by Crippen LogP contribution is -2.25. The highest BCUT2D eigenvalue weighted by Gasteiger charge is 2.06. The van der Waals surface area contributed by atoms with E-state index in [2.05, 4.69) is 0 Å². The second-order valence-electron chi connectivity index (χ2n) is 4.56. The highest BCUT2D eigenvalue weighted by molar-refractivity contribution is 5.27. The molecule has 0 N–H and O–H groups in total. The average Bonchev–Trinajstić information content (AvgIpc) is 2.72. The van der Waals surface area contributed by atoms with Crippen molar-refractivity contribution in [1.82, 2.24) is 9.13 Å². The lowest BCUT2D eigenvalue weighted by Gasteiger charge is -2.06. The van der Waals surface area contributed by atoms with E-state index in [4.69, 9.17) is 4.74 Å². The molecular formula is C14H18N2O2. The molecule has 1 aromatic heterocycles. The Morgan fingerprint density at radius 2 is 1.83 bits per heavy atom. The number of ether oxygens (including phenoxy) is 1. The molecule has 18 heavy (non-hydrogen) atoms. The number of hydrogen-bond donors (Lipinski definition) is 0. The van der Waals surface area contributed by atoms with Crippen molar-refractivity contribution in [3.05, 3.63) is 52.7 Å². The molecule has 96 valence electrons. The van der Waals surface area contributed by atoms with Gasteiger partial charge in [-0.15, -0.1) is 0 Å². The van der Waals surface area contributed by atoms with Crippen LogP contribution in [-0.4, -0.2) is 16.2 Å². The molecule has 0 aliphatic rings. The fourth-order valence-electron chi connectivity index (χ4n) is 1.87. The van der Waals surface area contributed by atoms with Crippen molar-refractivity contribution < 1.29 is 4.74 Å². The third kappa shape index (κ3) is 2.47. The van der Waals surface area contributed by atoms with Gasteiger partial charge in [-0.25, -0.2) is 4.79 Å². The Kier molecular flexibility index (Phi) is 3.55. The SMILES string of the molecule is COc1ccc(Cn2ccn(C(C)C)c2=O)cc1. The summed E-state index contributed by atoms with van der Waals surface area (Å²) in [6, 6.07) is 7.94. The Labute approximate surface area is 106 Å². The minimum Gasteiger partial charge on any atom is -0.497 e. The zero-order chi connectivity index (χ0) is 13.1. The second kappa shape index (κ2) is 5.12. The van der Waals surface area contributed by atoms with E-state index in [9.17, 15) is 4.79 Å². The van der Waals surface area contributed by atoms with Gasteiger partial charge in [-0.1, -0.05) is 12.1 Å². The van der Waals surface area contributed by atoms with Crippen LogP contribution in [0.3, 0.4) is 0 Å². The number of imidazole rings is 1. The molecule has 2 aromatic rings. The third-order valence-electron chi connectivity index (χ3n) is 2.94. The van der Waals surface area contributed by atoms with Crippen molar-refractivity contribution in [3.8, 4) is 5.75 Å². The smallest absolute Gasteiger partial charge is 0.328 e. The molecule has 0 spiro atoms. The van der Waals surface area contributed by atoms with Crippen molar-refractivity contribution in [2.45, 2.75) is 26.4 Å². The molecule has 0 atom stereocenters. The summed E-state index contributed by atoms with van der Waals surface area (Å²) in [6.07, 6.45) is 3.66. The van der Waals surface area contributed by atoms with Crippen LogP contribution in [0.15, 0.2) is 41.5 Å². The first-order valence-electron chi connectivity index (χ1n) is 6.02. The fraction of sp³-hybridized carbons (Fsp3) is 0.357. The average molecular weight is 246 g/mol. The molecule has 0 saturated heterocycles. The van der Waals surface area contributed by atoms with Gasteiger partial charge in [0, 0.05) is 18.4 Å². The largest absolute Gasteiger partial charge is 0.497 e. The summed E-state index contributed by atoms with van der Waals surface area (Å²) in [5.41, 5.74) is 1.11. The van der Waals surface area contributed by atoms with Crippen LogP contribution in [0.5, 0.6) is 5.75 Å². The van der Waals surface area contributed by atoms with E-state index in [1.54, 1.807) is 16.2 Å². The maximum atomic E-state index is 12.0.